The molecule has 0 heterocycles. The lowest BCUT2D eigenvalue weighted by molar-refractivity contribution is -0.137. The molecule has 0 aromatic rings. The second kappa shape index (κ2) is 7.32. The Morgan fingerprint density at radius 3 is 2.40 bits per heavy atom. The smallest absolute Gasteiger partial charge is 0.303 e. The van der Waals surface area contributed by atoms with Gasteiger partial charge in [0.1, 0.15) is 0 Å². The zero-order valence-electron chi connectivity index (χ0n) is 10.0. The van der Waals surface area contributed by atoms with Gasteiger partial charge in [-0.25, -0.2) is 0 Å². The van der Waals surface area contributed by atoms with Gasteiger partial charge < -0.3 is 10.4 Å². The number of carboxylic acids is 1. The van der Waals surface area contributed by atoms with Gasteiger partial charge in [0, 0.05) is 18.2 Å². The molecule has 0 aromatic carbocycles. The minimum Gasteiger partial charge on any atom is -0.481 e. The normalized spacial score (nSPS) is 12.5. The minimum atomic E-state index is -0.737. The number of carboxylic acid groups (broad SMARTS) is 1. The van der Waals surface area contributed by atoms with Crippen LogP contribution in [0.3, 0.4) is 0 Å². The summed E-state index contributed by atoms with van der Waals surface area (Å²) in [7, 11) is 0. The number of hydrogen-bond acceptors (Lipinski definition) is 2. The topological polar surface area (TPSA) is 49.3 Å². The predicted octanol–water partition coefficient (Wildman–Crippen LogP) is 2.78. The molecule has 0 aliphatic carbocycles. The zero-order valence-corrected chi connectivity index (χ0v) is 10.0. The van der Waals surface area contributed by atoms with Crippen molar-refractivity contribution in [3.63, 3.8) is 0 Å². The highest BCUT2D eigenvalue weighted by Crippen LogP contribution is 2.10. The summed E-state index contributed by atoms with van der Waals surface area (Å²) < 4.78 is 0. The van der Waals surface area contributed by atoms with Crippen molar-refractivity contribution in [2.45, 2.75) is 52.5 Å². The zero-order chi connectivity index (χ0) is 11.8. The van der Waals surface area contributed by atoms with Crippen molar-refractivity contribution >= 4 is 5.97 Å². The Morgan fingerprint density at radius 2 is 2.00 bits per heavy atom. The van der Waals surface area contributed by atoms with Crippen molar-refractivity contribution < 1.29 is 9.90 Å². The molecule has 0 spiro atoms. The Bertz CT molecular complexity index is 212. The van der Waals surface area contributed by atoms with Crippen LogP contribution in [0.25, 0.3) is 0 Å². The first-order valence-corrected chi connectivity index (χ1v) is 5.63. The van der Waals surface area contributed by atoms with E-state index in [1.165, 1.54) is 0 Å². The summed E-state index contributed by atoms with van der Waals surface area (Å²) in [6.07, 6.45) is 2.69. The average Bonchev–Trinajstić information content (AvgIpc) is 2.13. The highest BCUT2D eigenvalue weighted by atomic mass is 16.4. The van der Waals surface area contributed by atoms with Gasteiger partial charge in [0.2, 0.25) is 0 Å². The Kier molecular flexibility index (Phi) is 6.84. The van der Waals surface area contributed by atoms with Gasteiger partial charge in [-0.2, -0.15) is 0 Å². The summed E-state index contributed by atoms with van der Waals surface area (Å²) >= 11 is 0. The molecular formula is C12H23NO2. The molecule has 0 fully saturated rings. The van der Waals surface area contributed by atoms with Crippen LogP contribution in [0.15, 0.2) is 12.3 Å². The van der Waals surface area contributed by atoms with Crippen molar-refractivity contribution in [3.05, 3.63) is 12.3 Å². The summed E-state index contributed by atoms with van der Waals surface area (Å²) in [5, 5.41) is 11.8. The van der Waals surface area contributed by atoms with Crippen molar-refractivity contribution in [3.8, 4) is 0 Å². The lowest BCUT2D eigenvalue weighted by Crippen LogP contribution is -2.32. The van der Waals surface area contributed by atoms with Crippen molar-refractivity contribution in [2.24, 2.45) is 5.92 Å². The average molecular weight is 213 g/mol. The van der Waals surface area contributed by atoms with Gasteiger partial charge >= 0.3 is 5.97 Å². The van der Waals surface area contributed by atoms with E-state index in [1.54, 1.807) is 0 Å². The Labute approximate surface area is 92.6 Å². The quantitative estimate of drug-likeness (QED) is 0.652. The number of nitrogens with one attached hydrogen (secondary N) is 1. The molecule has 0 saturated carbocycles. The summed E-state index contributed by atoms with van der Waals surface area (Å²) in [5.74, 6) is -0.162. The molecule has 0 radical (unpaired) electrons. The van der Waals surface area contributed by atoms with E-state index < -0.39 is 5.97 Å². The number of hydrogen-bond donors (Lipinski definition) is 2. The molecule has 15 heavy (non-hydrogen) atoms. The van der Waals surface area contributed by atoms with Gasteiger partial charge in [-0.3, -0.25) is 4.79 Å². The van der Waals surface area contributed by atoms with Gasteiger partial charge in [0.05, 0.1) is 0 Å². The largest absolute Gasteiger partial charge is 0.481 e. The van der Waals surface area contributed by atoms with Gasteiger partial charge in [0.25, 0.3) is 0 Å². The van der Waals surface area contributed by atoms with Gasteiger partial charge in [-0.1, -0.05) is 27.4 Å². The third-order valence-electron chi connectivity index (χ3n) is 2.50. The second-order valence-corrected chi connectivity index (χ2v) is 4.25. The molecular weight excluding hydrogens is 190 g/mol. The van der Waals surface area contributed by atoms with Crippen molar-refractivity contribution in [1.82, 2.24) is 5.32 Å². The molecule has 3 nitrogen and oxygen atoms in total. The first kappa shape index (κ1) is 14.0. The van der Waals surface area contributed by atoms with E-state index in [0.29, 0.717) is 18.4 Å². The molecule has 1 atom stereocenters. The third-order valence-corrected chi connectivity index (χ3v) is 2.50. The van der Waals surface area contributed by atoms with Crippen LogP contribution < -0.4 is 5.32 Å². The predicted molar refractivity (Wildman–Crippen MR) is 62.7 cm³/mol. The molecule has 0 rings (SSSR count). The number of carbonyl (C=O) groups is 1. The summed E-state index contributed by atoms with van der Waals surface area (Å²) in [5.41, 5.74) is 0.955. The van der Waals surface area contributed by atoms with E-state index in [1.807, 2.05) is 0 Å². The van der Waals surface area contributed by atoms with Gasteiger partial charge in [-0.05, 0) is 25.2 Å². The fourth-order valence-electron chi connectivity index (χ4n) is 1.53. The Morgan fingerprint density at radius 1 is 1.40 bits per heavy atom. The number of rotatable bonds is 8. The van der Waals surface area contributed by atoms with Crippen molar-refractivity contribution in [2.75, 3.05) is 0 Å². The maximum Gasteiger partial charge on any atom is 0.303 e. The molecule has 0 saturated heterocycles. The molecule has 0 aliphatic rings. The van der Waals surface area contributed by atoms with Crippen LogP contribution in [0.1, 0.15) is 46.5 Å². The molecule has 88 valence electrons. The number of allylic oxidation sites excluding steroid dienone is 1. The van der Waals surface area contributed by atoms with Crippen LogP contribution in [-0.4, -0.2) is 17.1 Å². The van der Waals surface area contributed by atoms with Crippen LogP contribution in [0.2, 0.25) is 0 Å². The maximum absolute atomic E-state index is 10.3. The molecule has 0 amide bonds. The lowest BCUT2D eigenvalue weighted by Gasteiger charge is -2.23. The fraction of sp³-hybridized carbons (Fsp3) is 0.750. The van der Waals surface area contributed by atoms with Crippen LogP contribution in [0, 0.1) is 5.92 Å². The molecule has 1 unspecified atom stereocenters. The van der Waals surface area contributed by atoms with E-state index in [2.05, 4.69) is 32.7 Å². The van der Waals surface area contributed by atoms with Crippen LogP contribution in [-0.2, 0) is 4.79 Å². The first-order valence-electron chi connectivity index (χ1n) is 5.63. The van der Waals surface area contributed by atoms with E-state index in [0.717, 1.165) is 18.5 Å². The van der Waals surface area contributed by atoms with E-state index in [-0.39, 0.29) is 6.42 Å². The highest BCUT2D eigenvalue weighted by molar-refractivity contribution is 5.66. The van der Waals surface area contributed by atoms with E-state index in [4.69, 9.17) is 5.11 Å². The molecule has 3 heteroatoms. The second-order valence-electron chi connectivity index (χ2n) is 4.25. The van der Waals surface area contributed by atoms with Crippen molar-refractivity contribution in [1.29, 1.82) is 0 Å². The monoisotopic (exact) mass is 213 g/mol. The lowest BCUT2D eigenvalue weighted by atomic mass is 10.0. The Hall–Kier alpha value is -0.990. The van der Waals surface area contributed by atoms with E-state index in [9.17, 15) is 4.79 Å². The summed E-state index contributed by atoms with van der Waals surface area (Å²) in [4.78, 5) is 10.3. The highest BCUT2D eigenvalue weighted by Gasteiger charge is 2.10. The fourth-order valence-corrected chi connectivity index (χ4v) is 1.53. The SMILES string of the molecule is C=C(CCCC(=O)O)NC(CC)C(C)C. The summed E-state index contributed by atoms with van der Waals surface area (Å²) in [6, 6.07) is 0.447. The molecule has 0 aliphatic heterocycles. The molecule has 0 aromatic heterocycles. The van der Waals surface area contributed by atoms with E-state index >= 15 is 0 Å². The summed E-state index contributed by atoms with van der Waals surface area (Å²) in [6.45, 7) is 10.4. The minimum absolute atomic E-state index is 0.221. The third kappa shape index (κ3) is 7.00. The maximum atomic E-state index is 10.3. The molecule has 0 bridgehead atoms. The first-order chi connectivity index (χ1) is 6.97. The van der Waals surface area contributed by atoms with Gasteiger partial charge in [-0.15, -0.1) is 0 Å². The van der Waals surface area contributed by atoms with Crippen LogP contribution >= 0.6 is 0 Å². The van der Waals surface area contributed by atoms with Crippen LogP contribution in [0.4, 0.5) is 0 Å². The van der Waals surface area contributed by atoms with Gasteiger partial charge in [0.15, 0.2) is 0 Å². The number of aliphatic carboxylic acids is 1. The van der Waals surface area contributed by atoms with Crippen LogP contribution in [0.5, 0.6) is 0 Å². The standard InChI is InChI=1S/C12H23NO2/c1-5-11(9(2)3)13-10(4)7-6-8-12(14)15/h9,11,13H,4-8H2,1-3H3,(H,14,15). The molecule has 2 N–H and O–H groups in total. The Balaban J connectivity index is 3.76.